The fourth-order valence-corrected chi connectivity index (χ4v) is 3.37. The van der Waals surface area contributed by atoms with Crippen molar-refractivity contribution in [3.8, 4) is 17.5 Å². The number of nitriles is 1. The molecule has 0 fully saturated rings. The van der Waals surface area contributed by atoms with Crippen LogP contribution in [0.4, 0.5) is 5.69 Å². The van der Waals surface area contributed by atoms with Crippen molar-refractivity contribution < 1.29 is 9.53 Å². The van der Waals surface area contributed by atoms with Crippen LogP contribution in [-0.2, 0) is 4.79 Å². The number of anilines is 1. The van der Waals surface area contributed by atoms with Gasteiger partial charge in [-0.1, -0.05) is 6.07 Å². The number of methoxy groups -OCH3 is 1. The number of hydrogen-bond donors (Lipinski definition) is 1. The Hall–Kier alpha value is -3.78. The van der Waals surface area contributed by atoms with Gasteiger partial charge in [0, 0.05) is 22.8 Å². The Morgan fingerprint density at radius 3 is 2.33 bits per heavy atom. The number of nitrogens with one attached hydrogen (secondary N) is 1. The van der Waals surface area contributed by atoms with Gasteiger partial charge in [0.2, 0.25) is 0 Å². The largest absolute Gasteiger partial charge is 0.497 e. The molecular weight excluding hydrogens is 374 g/mol. The summed E-state index contributed by atoms with van der Waals surface area (Å²) in [6.07, 6.45) is 1.64. The topological polar surface area (TPSA) is 67.0 Å². The summed E-state index contributed by atoms with van der Waals surface area (Å²) in [7, 11) is 1.58. The van der Waals surface area contributed by atoms with E-state index in [1.54, 1.807) is 37.5 Å². The molecule has 0 radical (unpaired) electrons. The molecule has 1 N–H and O–H groups in total. The van der Waals surface area contributed by atoms with E-state index in [0.717, 1.165) is 22.6 Å². The molecule has 0 saturated carbocycles. The Bertz CT molecular complexity index is 1160. The summed E-state index contributed by atoms with van der Waals surface area (Å²) in [5.41, 5.74) is 7.02. The number of benzene rings is 2. The number of carbonyl (C=O) groups is 1. The molecule has 1 heterocycles. The van der Waals surface area contributed by atoms with Gasteiger partial charge in [-0.25, -0.2) is 0 Å². The van der Waals surface area contributed by atoms with Gasteiger partial charge in [-0.2, -0.15) is 5.26 Å². The number of aryl methyl sites for hydroxylation is 3. The van der Waals surface area contributed by atoms with E-state index in [1.165, 1.54) is 11.1 Å². The van der Waals surface area contributed by atoms with Gasteiger partial charge in [0.25, 0.3) is 5.91 Å². The summed E-state index contributed by atoms with van der Waals surface area (Å²) in [5.74, 6) is 0.251. The van der Waals surface area contributed by atoms with Crippen LogP contribution >= 0.6 is 0 Å². The lowest BCUT2D eigenvalue weighted by atomic mass is 10.1. The van der Waals surface area contributed by atoms with E-state index in [4.69, 9.17) is 4.74 Å². The van der Waals surface area contributed by atoms with Crippen molar-refractivity contribution >= 4 is 17.7 Å². The highest BCUT2D eigenvalue weighted by molar-refractivity contribution is 6.09. The van der Waals surface area contributed by atoms with Crippen molar-refractivity contribution in [1.29, 1.82) is 5.26 Å². The van der Waals surface area contributed by atoms with Gasteiger partial charge in [0.15, 0.2) is 0 Å². The molecule has 0 aliphatic heterocycles. The van der Waals surface area contributed by atoms with Crippen LogP contribution in [0.25, 0.3) is 11.8 Å². The minimum Gasteiger partial charge on any atom is -0.497 e. The van der Waals surface area contributed by atoms with E-state index in [-0.39, 0.29) is 5.57 Å². The molecule has 0 aliphatic carbocycles. The third-order valence-electron chi connectivity index (χ3n) is 5.23. The quantitative estimate of drug-likeness (QED) is 0.470. The molecular formula is C25H25N3O2. The SMILES string of the molecule is COc1ccc(NC(=O)C(C#N)=Cc2cc(C)n(-c3ccc(C)c(C)c3)c2C)cc1. The minimum atomic E-state index is -0.446. The monoisotopic (exact) mass is 399 g/mol. The van der Waals surface area contributed by atoms with E-state index >= 15 is 0 Å². The van der Waals surface area contributed by atoms with Crippen molar-refractivity contribution in [3.63, 3.8) is 0 Å². The molecule has 3 rings (SSSR count). The van der Waals surface area contributed by atoms with Crippen LogP contribution in [0.3, 0.4) is 0 Å². The molecule has 0 saturated heterocycles. The number of ether oxygens (including phenoxy) is 1. The Balaban J connectivity index is 1.91. The normalized spacial score (nSPS) is 11.1. The summed E-state index contributed by atoms with van der Waals surface area (Å²) < 4.78 is 7.25. The maximum Gasteiger partial charge on any atom is 0.266 e. The lowest BCUT2D eigenvalue weighted by Gasteiger charge is -2.12. The molecule has 3 aromatic rings. The molecule has 0 spiro atoms. The van der Waals surface area contributed by atoms with Crippen LogP contribution < -0.4 is 10.1 Å². The van der Waals surface area contributed by atoms with Gasteiger partial charge < -0.3 is 14.6 Å². The minimum absolute atomic E-state index is 0.0474. The van der Waals surface area contributed by atoms with Crippen LogP contribution in [0.1, 0.15) is 28.1 Å². The van der Waals surface area contributed by atoms with Crippen LogP contribution in [-0.4, -0.2) is 17.6 Å². The number of amides is 1. The molecule has 1 amide bonds. The van der Waals surface area contributed by atoms with E-state index < -0.39 is 5.91 Å². The van der Waals surface area contributed by atoms with Gasteiger partial charge >= 0.3 is 0 Å². The second kappa shape index (κ2) is 8.71. The highest BCUT2D eigenvalue weighted by Crippen LogP contribution is 2.24. The molecule has 152 valence electrons. The Morgan fingerprint density at radius 2 is 1.73 bits per heavy atom. The van der Waals surface area contributed by atoms with Crippen molar-refractivity contribution in [2.45, 2.75) is 27.7 Å². The third-order valence-corrected chi connectivity index (χ3v) is 5.23. The third kappa shape index (κ3) is 4.28. The van der Waals surface area contributed by atoms with Crippen molar-refractivity contribution in [2.24, 2.45) is 0 Å². The van der Waals surface area contributed by atoms with Gasteiger partial charge in [-0.3, -0.25) is 4.79 Å². The highest BCUT2D eigenvalue weighted by atomic mass is 16.5. The molecule has 5 nitrogen and oxygen atoms in total. The van der Waals surface area contributed by atoms with E-state index in [0.29, 0.717) is 11.4 Å². The van der Waals surface area contributed by atoms with Gasteiger partial charge in [-0.15, -0.1) is 0 Å². The van der Waals surface area contributed by atoms with Crippen LogP contribution in [0.2, 0.25) is 0 Å². The number of carbonyl (C=O) groups excluding carboxylic acids is 1. The molecule has 2 aromatic carbocycles. The second-order valence-electron chi connectivity index (χ2n) is 7.28. The first-order valence-electron chi connectivity index (χ1n) is 9.68. The van der Waals surface area contributed by atoms with Gasteiger partial charge in [-0.05, 0) is 92.9 Å². The van der Waals surface area contributed by atoms with E-state index in [2.05, 4.69) is 41.9 Å². The van der Waals surface area contributed by atoms with Gasteiger partial charge in [0.05, 0.1) is 7.11 Å². The smallest absolute Gasteiger partial charge is 0.266 e. The Morgan fingerprint density at radius 1 is 1.03 bits per heavy atom. The predicted octanol–water partition coefficient (Wildman–Crippen LogP) is 5.27. The van der Waals surface area contributed by atoms with Gasteiger partial charge in [0.1, 0.15) is 17.4 Å². The first-order chi connectivity index (χ1) is 14.3. The molecule has 0 bridgehead atoms. The number of rotatable bonds is 5. The maximum atomic E-state index is 12.6. The highest BCUT2D eigenvalue weighted by Gasteiger charge is 2.14. The van der Waals surface area contributed by atoms with Crippen LogP contribution in [0.5, 0.6) is 5.75 Å². The van der Waals surface area contributed by atoms with E-state index in [1.807, 2.05) is 26.0 Å². The Labute approximate surface area is 177 Å². The molecule has 0 aliphatic rings. The average Bonchev–Trinajstić information content (AvgIpc) is 3.01. The zero-order valence-corrected chi connectivity index (χ0v) is 17.9. The Kier molecular flexibility index (Phi) is 6.08. The summed E-state index contributed by atoms with van der Waals surface area (Å²) in [4.78, 5) is 12.6. The fourth-order valence-electron chi connectivity index (χ4n) is 3.37. The van der Waals surface area contributed by atoms with E-state index in [9.17, 15) is 10.1 Å². The van der Waals surface area contributed by atoms with Crippen LogP contribution in [0, 0.1) is 39.0 Å². The zero-order chi connectivity index (χ0) is 21.8. The first-order valence-corrected chi connectivity index (χ1v) is 9.68. The molecule has 30 heavy (non-hydrogen) atoms. The average molecular weight is 399 g/mol. The summed E-state index contributed by atoms with van der Waals surface area (Å²) in [6, 6.07) is 17.3. The summed E-state index contributed by atoms with van der Waals surface area (Å²) in [5, 5.41) is 12.3. The maximum absolute atomic E-state index is 12.6. The first kappa shape index (κ1) is 20.9. The van der Waals surface area contributed by atoms with Crippen molar-refractivity contribution in [1.82, 2.24) is 4.57 Å². The molecule has 0 unspecified atom stereocenters. The lowest BCUT2D eigenvalue weighted by Crippen LogP contribution is -2.13. The molecule has 5 heteroatoms. The zero-order valence-electron chi connectivity index (χ0n) is 17.9. The summed E-state index contributed by atoms with van der Waals surface area (Å²) >= 11 is 0. The molecule has 1 aromatic heterocycles. The van der Waals surface area contributed by atoms with Crippen molar-refractivity contribution in [2.75, 3.05) is 12.4 Å². The number of nitrogens with zero attached hydrogens (tertiary/aromatic N) is 2. The number of hydrogen-bond acceptors (Lipinski definition) is 3. The fraction of sp³-hybridized carbons (Fsp3) is 0.200. The molecule has 0 atom stereocenters. The predicted molar refractivity (Wildman–Crippen MR) is 120 cm³/mol. The summed E-state index contributed by atoms with van der Waals surface area (Å²) in [6.45, 7) is 8.18. The van der Waals surface area contributed by atoms with Crippen LogP contribution in [0.15, 0.2) is 54.1 Å². The second-order valence-corrected chi connectivity index (χ2v) is 7.28. The standard InChI is InChI=1S/C25H25N3O2/c1-16-6-9-23(12-17(16)2)28-18(3)13-20(19(28)4)14-21(15-26)25(29)27-22-7-10-24(30-5)11-8-22/h6-14H,1-5H3,(H,27,29). The lowest BCUT2D eigenvalue weighted by molar-refractivity contribution is -0.112. The van der Waals surface area contributed by atoms with Crippen molar-refractivity contribution in [3.05, 3.63) is 82.2 Å². The number of aromatic nitrogens is 1.